The first kappa shape index (κ1) is 18.1. The molecular formula is C20H20FN5O2. The highest BCUT2D eigenvalue weighted by Crippen LogP contribution is 2.47. The normalized spacial score (nSPS) is 14.9. The van der Waals surface area contributed by atoms with E-state index in [-0.39, 0.29) is 11.9 Å². The maximum absolute atomic E-state index is 13.3. The first-order valence-electron chi connectivity index (χ1n) is 9.14. The summed E-state index contributed by atoms with van der Waals surface area (Å²) in [6.45, 7) is 3.72. The van der Waals surface area contributed by atoms with Gasteiger partial charge in [-0.3, -0.25) is 4.90 Å². The summed E-state index contributed by atoms with van der Waals surface area (Å²) in [4.78, 5) is 27.5. The lowest BCUT2D eigenvalue weighted by molar-refractivity contribution is 0.242. The number of benzene rings is 2. The Balaban J connectivity index is 1.71. The summed E-state index contributed by atoms with van der Waals surface area (Å²) in [7, 11) is 0. The van der Waals surface area contributed by atoms with Gasteiger partial charge in [-0.25, -0.2) is 14.0 Å². The number of amides is 1. The van der Waals surface area contributed by atoms with Crippen molar-refractivity contribution in [2.45, 2.75) is 38.3 Å². The zero-order chi connectivity index (χ0) is 19.9. The van der Waals surface area contributed by atoms with Gasteiger partial charge >= 0.3 is 11.7 Å². The minimum absolute atomic E-state index is 0.182. The number of rotatable bonds is 4. The number of para-hydroxylation sites is 1. The Morgan fingerprint density at radius 1 is 1.07 bits per heavy atom. The molecule has 0 unspecified atom stereocenters. The number of anilines is 1. The molecule has 0 atom stereocenters. The zero-order valence-electron chi connectivity index (χ0n) is 15.6. The Kier molecular flexibility index (Phi) is 4.33. The van der Waals surface area contributed by atoms with Gasteiger partial charge in [0.25, 0.3) is 0 Å². The van der Waals surface area contributed by atoms with Crippen molar-refractivity contribution in [1.29, 1.82) is 0 Å². The van der Waals surface area contributed by atoms with Crippen molar-refractivity contribution in [3.8, 4) is 0 Å². The average molecular weight is 381 g/mol. The van der Waals surface area contributed by atoms with Gasteiger partial charge in [0.1, 0.15) is 5.82 Å². The van der Waals surface area contributed by atoms with E-state index in [4.69, 9.17) is 0 Å². The predicted octanol–water partition coefficient (Wildman–Crippen LogP) is 3.00. The van der Waals surface area contributed by atoms with Gasteiger partial charge in [-0.2, -0.15) is 4.68 Å². The molecule has 0 radical (unpaired) electrons. The number of aromatic nitrogens is 4. The molecule has 1 aromatic heterocycles. The van der Waals surface area contributed by atoms with Gasteiger partial charge in [-0.05, 0) is 66.9 Å². The Morgan fingerprint density at radius 2 is 1.71 bits per heavy atom. The van der Waals surface area contributed by atoms with Gasteiger partial charge in [-0.15, -0.1) is 4.68 Å². The molecular weight excluding hydrogens is 361 g/mol. The highest BCUT2D eigenvalue weighted by atomic mass is 19.1. The van der Waals surface area contributed by atoms with Gasteiger partial charge in [0, 0.05) is 11.7 Å². The van der Waals surface area contributed by atoms with Crippen molar-refractivity contribution in [2.75, 3.05) is 4.90 Å². The fraction of sp³-hybridized carbons (Fsp3) is 0.300. The highest BCUT2D eigenvalue weighted by Gasteiger charge is 2.49. The van der Waals surface area contributed by atoms with Crippen molar-refractivity contribution in [3.05, 3.63) is 76.5 Å². The number of tetrazole rings is 1. The third-order valence-corrected chi connectivity index (χ3v) is 5.03. The SMILES string of the molecule is CC(C)N(C(=O)n1nnn(C2(c3ccc(F)cc3)CC2)c1=O)c1ccccc1. The molecule has 1 saturated carbocycles. The van der Waals surface area contributed by atoms with E-state index in [1.165, 1.54) is 21.7 Å². The molecule has 4 rings (SSSR count). The summed E-state index contributed by atoms with van der Waals surface area (Å²) >= 11 is 0. The topological polar surface area (TPSA) is 73.0 Å². The maximum Gasteiger partial charge on any atom is 0.373 e. The van der Waals surface area contributed by atoms with Crippen LogP contribution in [0.15, 0.2) is 59.4 Å². The molecule has 1 amide bonds. The monoisotopic (exact) mass is 381 g/mol. The Bertz CT molecular complexity index is 1050. The number of hydrogen-bond acceptors (Lipinski definition) is 4. The van der Waals surface area contributed by atoms with Crippen LogP contribution in [0.3, 0.4) is 0 Å². The first-order chi connectivity index (χ1) is 13.4. The lowest BCUT2D eigenvalue weighted by atomic mass is 10.1. The van der Waals surface area contributed by atoms with Crippen LogP contribution in [-0.4, -0.2) is 31.9 Å². The molecule has 144 valence electrons. The molecule has 7 nitrogen and oxygen atoms in total. The summed E-state index contributed by atoms with van der Waals surface area (Å²) in [5.41, 5.74) is 0.176. The van der Waals surface area contributed by atoms with Crippen LogP contribution in [0.5, 0.6) is 0 Å². The van der Waals surface area contributed by atoms with Crippen LogP contribution in [0.1, 0.15) is 32.3 Å². The average Bonchev–Trinajstić information content (AvgIpc) is 3.39. The minimum atomic E-state index is -0.668. The molecule has 28 heavy (non-hydrogen) atoms. The van der Waals surface area contributed by atoms with Gasteiger partial charge < -0.3 is 0 Å². The van der Waals surface area contributed by atoms with Crippen molar-refractivity contribution < 1.29 is 9.18 Å². The number of carbonyl (C=O) groups is 1. The lowest BCUT2D eigenvalue weighted by Gasteiger charge is -2.25. The predicted molar refractivity (Wildman–Crippen MR) is 102 cm³/mol. The highest BCUT2D eigenvalue weighted by molar-refractivity contribution is 5.93. The van der Waals surface area contributed by atoms with Crippen LogP contribution in [-0.2, 0) is 5.54 Å². The Hall–Kier alpha value is -3.29. The van der Waals surface area contributed by atoms with Crippen LogP contribution in [0.2, 0.25) is 0 Å². The molecule has 3 aromatic rings. The lowest BCUT2D eigenvalue weighted by Crippen LogP contribution is -2.45. The molecule has 0 N–H and O–H groups in total. The number of hydrogen-bond donors (Lipinski definition) is 0. The third-order valence-electron chi connectivity index (χ3n) is 5.03. The molecule has 0 aliphatic heterocycles. The van der Waals surface area contributed by atoms with Crippen LogP contribution in [0, 0.1) is 5.82 Å². The van der Waals surface area contributed by atoms with Crippen LogP contribution >= 0.6 is 0 Å². The first-order valence-corrected chi connectivity index (χ1v) is 9.14. The van der Waals surface area contributed by atoms with Crippen LogP contribution in [0.4, 0.5) is 14.9 Å². The quantitative estimate of drug-likeness (QED) is 0.651. The Morgan fingerprint density at radius 3 is 2.29 bits per heavy atom. The van der Waals surface area contributed by atoms with E-state index >= 15 is 0 Å². The largest absolute Gasteiger partial charge is 0.373 e. The minimum Gasteiger partial charge on any atom is -0.290 e. The number of halogens is 1. The van der Waals surface area contributed by atoms with Gasteiger partial charge in [0.05, 0.1) is 5.54 Å². The van der Waals surface area contributed by atoms with E-state index in [1.807, 2.05) is 32.0 Å². The fourth-order valence-corrected chi connectivity index (χ4v) is 3.46. The molecule has 8 heteroatoms. The Labute approximate surface area is 161 Å². The second kappa shape index (κ2) is 6.70. The van der Waals surface area contributed by atoms with E-state index in [2.05, 4.69) is 10.4 Å². The van der Waals surface area contributed by atoms with Gasteiger partial charge in [0.15, 0.2) is 0 Å². The van der Waals surface area contributed by atoms with E-state index in [0.717, 1.165) is 10.2 Å². The zero-order valence-corrected chi connectivity index (χ0v) is 15.6. The van der Waals surface area contributed by atoms with Crippen molar-refractivity contribution in [3.63, 3.8) is 0 Å². The second-order valence-electron chi connectivity index (χ2n) is 7.21. The van der Waals surface area contributed by atoms with E-state index in [9.17, 15) is 14.0 Å². The molecule has 2 aromatic carbocycles. The summed E-state index contributed by atoms with van der Waals surface area (Å²) < 4.78 is 15.3. The standard InChI is InChI=1S/C20H20FN5O2/c1-14(2)24(17-6-4-3-5-7-17)18(27)25-19(28)26(23-22-25)20(12-13-20)15-8-10-16(21)11-9-15/h3-11,14H,12-13H2,1-2H3. The van der Waals surface area contributed by atoms with Crippen molar-refractivity contribution >= 4 is 11.7 Å². The van der Waals surface area contributed by atoms with Crippen molar-refractivity contribution in [2.24, 2.45) is 0 Å². The van der Waals surface area contributed by atoms with Gasteiger partial charge in [0.2, 0.25) is 0 Å². The fourth-order valence-electron chi connectivity index (χ4n) is 3.46. The molecule has 1 aliphatic rings. The van der Waals surface area contributed by atoms with Crippen molar-refractivity contribution in [1.82, 2.24) is 19.8 Å². The summed E-state index contributed by atoms with van der Waals surface area (Å²) in [5, 5.41) is 7.83. The van der Waals surface area contributed by atoms with Crippen LogP contribution in [0.25, 0.3) is 0 Å². The smallest absolute Gasteiger partial charge is 0.290 e. The summed E-state index contributed by atoms with van der Waals surface area (Å²) in [6, 6.07) is 14.3. The van der Waals surface area contributed by atoms with E-state index < -0.39 is 17.3 Å². The summed E-state index contributed by atoms with van der Waals surface area (Å²) in [5.74, 6) is -0.346. The molecule has 0 bridgehead atoms. The third kappa shape index (κ3) is 2.90. The molecule has 1 heterocycles. The molecule has 0 saturated heterocycles. The van der Waals surface area contributed by atoms with Gasteiger partial charge in [-0.1, -0.05) is 30.3 Å². The molecule has 1 fully saturated rings. The summed E-state index contributed by atoms with van der Waals surface area (Å²) in [6.07, 6.45) is 1.36. The second-order valence-corrected chi connectivity index (χ2v) is 7.21. The van der Waals surface area contributed by atoms with E-state index in [0.29, 0.717) is 18.5 Å². The number of nitrogens with zero attached hydrogens (tertiary/aromatic N) is 5. The van der Waals surface area contributed by atoms with E-state index in [1.54, 1.807) is 24.3 Å². The van der Waals surface area contributed by atoms with Crippen LogP contribution < -0.4 is 10.6 Å². The number of carbonyl (C=O) groups excluding carboxylic acids is 1. The maximum atomic E-state index is 13.3. The molecule has 0 spiro atoms. The molecule has 1 aliphatic carbocycles.